The Hall–Kier alpha value is -1.85. The van der Waals surface area contributed by atoms with Crippen LogP contribution in [0.15, 0.2) is 35.4 Å². The number of hydrazone groups is 1. The predicted molar refractivity (Wildman–Crippen MR) is 87.8 cm³/mol. The second-order valence-electron chi connectivity index (χ2n) is 4.38. The minimum atomic E-state index is 0.143. The van der Waals surface area contributed by atoms with Crippen LogP contribution in [0.1, 0.15) is 17.0 Å². The maximum Gasteiger partial charge on any atom is 0.184 e. The Balaban J connectivity index is 2.39. The second-order valence-corrected chi connectivity index (χ2v) is 5.25. The van der Waals surface area contributed by atoms with Gasteiger partial charge in [0.15, 0.2) is 5.11 Å². The highest BCUT2D eigenvalue weighted by atomic mass is 35.5. The Labute approximate surface area is 128 Å². The molecule has 3 N–H and O–H groups in total. The highest BCUT2D eigenvalue weighted by Crippen LogP contribution is 2.22. The molecule has 0 amide bonds. The monoisotopic (exact) mass is 306 g/mol. The molecule has 0 aliphatic rings. The Morgan fingerprint density at radius 3 is 2.80 bits per heavy atom. The zero-order valence-electron chi connectivity index (χ0n) is 11.2. The average molecular weight is 307 g/mol. The number of hydrogen-bond donors (Lipinski definition) is 2. The molecule has 0 aliphatic heterocycles. The van der Waals surface area contributed by atoms with Gasteiger partial charge in [0.1, 0.15) is 0 Å². The minimum absolute atomic E-state index is 0.143. The molecule has 104 valence electrons. The molecule has 0 bridgehead atoms. The van der Waals surface area contributed by atoms with E-state index in [1.807, 2.05) is 44.2 Å². The molecule has 2 rings (SSSR count). The lowest BCUT2D eigenvalue weighted by Gasteiger charge is -2.09. The first-order valence-corrected chi connectivity index (χ1v) is 6.81. The molecule has 1 heterocycles. The van der Waals surface area contributed by atoms with Gasteiger partial charge in [-0.15, -0.1) is 0 Å². The number of benzene rings is 1. The van der Waals surface area contributed by atoms with E-state index in [1.165, 1.54) is 0 Å². The van der Waals surface area contributed by atoms with Crippen LogP contribution in [0.5, 0.6) is 0 Å². The summed E-state index contributed by atoms with van der Waals surface area (Å²) in [5, 5.41) is 4.84. The number of nitrogens with one attached hydrogen (secondary N) is 1. The fourth-order valence-electron chi connectivity index (χ4n) is 2.10. The van der Waals surface area contributed by atoms with Gasteiger partial charge in [0, 0.05) is 27.7 Å². The van der Waals surface area contributed by atoms with Crippen molar-refractivity contribution < 1.29 is 0 Å². The van der Waals surface area contributed by atoms with E-state index in [0.29, 0.717) is 5.02 Å². The van der Waals surface area contributed by atoms with Crippen LogP contribution in [0.2, 0.25) is 5.02 Å². The van der Waals surface area contributed by atoms with Crippen LogP contribution in [0.25, 0.3) is 5.69 Å². The van der Waals surface area contributed by atoms with Crippen LogP contribution < -0.4 is 11.2 Å². The van der Waals surface area contributed by atoms with Crippen LogP contribution in [0.4, 0.5) is 0 Å². The van der Waals surface area contributed by atoms with E-state index in [4.69, 9.17) is 29.6 Å². The Morgan fingerprint density at radius 2 is 2.15 bits per heavy atom. The van der Waals surface area contributed by atoms with Gasteiger partial charge in [0.25, 0.3) is 0 Å². The van der Waals surface area contributed by atoms with Crippen molar-refractivity contribution in [3.63, 3.8) is 0 Å². The normalized spacial score (nSPS) is 10.9. The molecule has 0 spiro atoms. The van der Waals surface area contributed by atoms with E-state index in [0.717, 1.165) is 22.6 Å². The summed E-state index contributed by atoms with van der Waals surface area (Å²) in [5.41, 5.74) is 12.1. The summed E-state index contributed by atoms with van der Waals surface area (Å²) in [6.07, 6.45) is 1.70. The van der Waals surface area contributed by atoms with E-state index in [-0.39, 0.29) is 5.11 Å². The Kier molecular flexibility index (Phi) is 4.42. The third kappa shape index (κ3) is 3.18. The minimum Gasteiger partial charge on any atom is -0.375 e. The fourth-order valence-corrected chi connectivity index (χ4v) is 2.33. The Morgan fingerprint density at radius 1 is 1.40 bits per heavy atom. The summed E-state index contributed by atoms with van der Waals surface area (Å²) in [6, 6.07) is 9.77. The van der Waals surface area contributed by atoms with Gasteiger partial charge >= 0.3 is 0 Å². The van der Waals surface area contributed by atoms with Crippen molar-refractivity contribution in [1.82, 2.24) is 9.99 Å². The molecule has 1 aromatic heterocycles. The van der Waals surface area contributed by atoms with E-state index < -0.39 is 0 Å². The summed E-state index contributed by atoms with van der Waals surface area (Å²) in [7, 11) is 0. The molecule has 1 aromatic carbocycles. The smallest absolute Gasteiger partial charge is 0.184 e. The van der Waals surface area contributed by atoms with Crippen LogP contribution >= 0.6 is 23.8 Å². The summed E-state index contributed by atoms with van der Waals surface area (Å²) in [6.45, 7) is 4.06. The van der Waals surface area contributed by atoms with Gasteiger partial charge in [-0.1, -0.05) is 17.7 Å². The number of aryl methyl sites for hydroxylation is 1. The molecular formula is C14H15ClN4S. The van der Waals surface area contributed by atoms with Gasteiger partial charge in [0.05, 0.1) is 6.21 Å². The van der Waals surface area contributed by atoms with Crippen molar-refractivity contribution in [3.05, 3.63) is 52.3 Å². The average Bonchev–Trinajstić information content (AvgIpc) is 2.64. The highest BCUT2D eigenvalue weighted by molar-refractivity contribution is 7.80. The van der Waals surface area contributed by atoms with Gasteiger partial charge in [0.2, 0.25) is 0 Å². The fraction of sp³-hybridized carbons (Fsp3) is 0.143. The number of nitrogens with zero attached hydrogens (tertiary/aromatic N) is 2. The van der Waals surface area contributed by atoms with Gasteiger partial charge in [-0.2, -0.15) is 5.10 Å². The van der Waals surface area contributed by atoms with E-state index in [1.54, 1.807) is 6.21 Å². The second kappa shape index (κ2) is 6.07. The summed E-state index contributed by atoms with van der Waals surface area (Å²) in [5.74, 6) is 0. The lowest BCUT2D eigenvalue weighted by atomic mass is 10.2. The summed E-state index contributed by atoms with van der Waals surface area (Å²) in [4.78, 5) is 0. The van der Waals surface area contributed by atoms with Gasteiger partial charge in [-0.25, -0.2) is 0 Å². The molecule has 0 atom stereocenters. The molecule has 0 radical (unpaired) electrons. The van der Waals surface area contributed by atoms with Crippen LogP contribution in [-0.4, -0.2) is 15.9 Å². The van der Waals surface area contributed by atoms with Crippen molar-refractivity contribution in [2.75, 3.05) is 0 Å². The van der Waals surface area contributed by atoms with Crippen molar-refractivity contribution >= 4 is 35.1 Å². The molecular weight excluding hydrogens is 292 g/mol. The molecule has 2 aromatic rings. The van der Waals surface area contributed by atoms with Crippen molar-refractivity contribution in [1.29, 1.82) is 0 Å². The van der Waals surface area contributed by atoms with E-state index in [9.17, 15) is 0 Å². The molecule has 20 heavy (non-hydrogen) atoms. The molecule has 0 unspecified atom stereocenters. The lowest BCUT2D eigenvalue weighted by molar-refractivity contribution is 0.964. The lowest BCUT2D eigenvalue weighted by Crippen LogP contribution is -2.24. The first kappa shape index (κ1) is 14.6. The standard InChI is InChI=1S/C14H15ClN4S/c1-9-6-11(8-17-18-14(16)20)10(2)19(9)13-5-3-4-12(15)7-13/h3-8H,1-2H3,(H3,16,18,20). The largest absolute Gasteiger partial charge is 0.375 e. The van der Waals surface area contributed by atoms with E-state index >= 15 is 0 Å². The summed E-state index contributed by atoms with van der Waals surface area (Å²) < 4.78 is 2.12. The number of hydrogen-bond acceptors (Lipinski definition) is 2. The number of thiocarbonyl (C=S) groups is 1. The summed E-state index contributed by atoms with van der Waals surface area (Å²) >= 11 is 10.7. The number of nitrogens with two attached hydrogens (primary N) is 1. The highest BCUT2D eigenvalue weighted by Gasteiger charge is 2.09. The quantitative estimate of drug-likeness (QED) is 0.521. The maximum atomic E-state index is 6.05. The SMILES string of the molecule is Cc1cc(C=NNC(N)=S)c(C)n1-c1cccc(Cl)c1. The van der Waals surface area contributed by atoms with Crippen molar-refractivity contribution in [3.8, 4) is 5.69 Å². The van der Waals surface area contributed by atoms with Gasteiger partial charge < -0.3 is 10.3 Å². The number of rotatable bonds is 3. The van der Waals surface area contributed by atoms with E-state index in [2.05, 4.69) is 15.1 Å². The Bertz CT molecular complexity index is 676. The predicted octanol–water partition coefficient (Wildman–Crippen LogP) is 2.91. The van der Waals surface area contributed by atoms with Gasteiger partial charge in [-0.05, 0) is 50.3 Å². The zero-order valence-corrected chi connectivity index (χ0v) is 12.8. The number of aromatic nitrogens is 1. The molecule has 0 aliphatic carbocycles. The molecule has 0 saturated heterocycles. The third-order valence-corrected chi connectivity index (χ3v) is 3.24. The molecule has 4 nitrogen and oxygen atoms in total. The zero-order chi connectivity index (χ0) is 14.7. The first-order valence-electron chi connectivity index (χ1n) is 6.02. The maximum absolute atomic E-state index is 6.05. The number of halogens is 1. The van der Waals surface area contributed by atoms with Crippen LogP contribution in [0.3, 0.4) is 0 Å². The van der Waals surface area contributed by atoms with Gasteiger partial charge in [-0.3, -0.25) is 5.43 Å². The molecule has 0 saturated carbocycles. The van der Waals surface area contributed by atoms with Crippen LogP contribution in [0, 0.1) is 13.8 Å². The van der Waals surface area contributed by atoms with Crippen molar-refractivity contribution in [2.45, 2.75) is 13.8 Å². The topological polar surface area (TPSA) is 55.3 Å². The van der Waals surface area contributed by atoms with Crippen LogP contribution in [-0.2, 0) is 0 Å². The van der Waals surface area contributed by atoms with Crippen molar-refractivity contribution in [2.24, 2.45) is 10.8 Å². The third-order valence-electron chi connectivity index (χ3n) is 2.92. The molecule has 0 fully saturated rings. The first-order chi connectivity index (χ1) is 9.49. The molecule has 6 heteroatoms.